The number of carboxylic acids is 1. The van der Waals surface area contributed by atoms with Crippen LogP contribution >= 0.6 is 0 Å². The maximum atomic E-state index is 11.4. The van der Waals surface area contributed by atoms with E-state index in [0.717, 1.165) is 36.5 Å². The Morgan fingerprint density at radius 2 is 2.25 bits per heavy atom. The molecule has 6 heteroatoms. The minimum Gasteiger partial charge on any atom is -0.543 e. The molecule has 24 heavy (non-hydrogen) atoms. The molecule has 1 aromatic rings. The Morgan fingerprint density at radius 3 is 2.92 bits per heavy atom. The van der Waals surface area contributed by atoms with Gasteiger partial charge in [-0.25, -0.2) is 4.98 Å². The summed E-state index contributed by atoms with van der Waals surface area (Å²) in [6.07, 6.45) is 3.29. The van der Waals surface area contributed by atoms with Crippen molar-refractivity contribution in [3.8, 4) is 5.75 Å². The third-order valence-corrected chi connectivity index (χ3v) is 5.01. The van der Waals surface area contributed by atoms with Crippen molar-refractivity contribution >= 4 is 5.97 Å². The SMILES string of the molecule is C[C@H]1CCCN(Cc2cc(C(=O)[O-])nc3c2OCCC3(C)C)C1.[Li+]. The molecule has 0 unspecified atom stereocenters. The summed E-state index contributed by atoms with van der Waals surface area (Å²) in [5.74, 6) is 0.242. The van der Waals surface area contributed by atoms with Crippen LogP contribution in [0.2, 0.25) is 0 Å². The van der Waals surface area contributed by atoms with Gasteiger partial charge in [0.25, 0.3) is 0 Å². The van der Waals surface area contributed by atoms with Crippen molar-refractivity contribution < 1.29 is 33.5 Å². The first-order valence-corrected chi connectivity index (χ1v) is 8.48. The number of carbonyl (C=O) groups excluding carboxylic acids is 1. The van der Waals surface area contributed by atoms with Gasteiger partial charge in [-0.2, -0.15) is 0 Å². The first-order valence-electron chi connectivity index (χ1n) is 8.48. The zero-order valence-corrected chi connectivity index (χ0v) is 15.2. The summed E-state index contributed by atoms with van der Waals surface area (Å²) in [7, 11) is 0. The molecule has 0 radical (unpaired) electrons. The largest absolute Gasteiger partial charge is 1.00 e. The maximum absolute atomic E-state index is 11.4. The molecule has 1 saturated heterocycles. The number of pyridine rings is 1. The minimum atomic E-state index is -1.22. The zero-order valence-electron chi connectivity index (χ0n) is 15.2. The number of rotatable bonds is 3. The van der Waals surface area contributed by atoms with Gasteiger partial charge in [0.1, 0.15) is 5.75 Å². The Bertz CT molecular complexity index is 619. The molecule has 2 aliphatic rings. The van der Waals surface area contributed by atoms with E-state index in [2.05, 4.69) is 30.7 Å². The van der Waals surface area contributed by atoms with Crippen LogP contribution in [0, 0.1) is 5.92 Å². The molecule has 1 atom stereocenters. The number of hydrogen-bond acceptors (Lipinski definition) is 5. The van der Waals surface area contributed by atoms with Gasteiger partial charge in [0, 0.05) is 24.1 Å². The fourth-order valence-electron chi connectivity index (χ4n) is 3.63. The fraction of sp³-hybridized carbons (Fsp3) is 0.667. The van der Waals surface area contributed by atoms with Gasteiger partial charge in [-0.3, -0.25) is 4.90 Å². The first-order chi connectivity index (χ1) is 10.9. The Labute approximate surface area is 156 Å². The Balaban J connectivity index is 0.00000208. The zero-order chi connectivity index (χ0) is 16.6. The van der Waals surface area contributed by atoms with Crippen molar-refractivity contribution in [1.29, 1.82) is 0 Å². The number of aromatic carboxylic acids is 1. The fourth-order valence-corrected chi connectivity index (χ4v) is 3.63. The van der Waals surface area contributed by atoms with Crippen LogP contribution < -0.4 is 28.7 Å². The van der Waals surface area contributed by atoms with Gasteiger partial charge >= 0.3 is 18.9 Å². The number of carboxylic acid groups (broad SMARTS) is 1. The molecule has 0 saturated carbocycles. The van der Waals surface area contributed by atoms with Crippen molar-refractivity contribution in [2.24, 2.45) is 5.92 Å². The van der Waals surface area contributed by atoms with E-state index >= 15 is 0 Å². The number of carbonyl (C=O) groups is 1. The molecule has 5 nitrogen and oxygen atoms in total. The molecule has 1 aromatic heterocycles. The van der Waals surface area contributed by atoms with Gasteiger partial charge < -0.3 is 14.6 Å². The van der Waals surface area contributed by atoms with E-state index in [-0.39, 0.29) is 30.0 Å². The maximum Gasteiger partial charge on any atom is 1.00 e. The van der Waals surface area contributed by atoms with Gasteiger partial charge in [-0.15, -0.1) is 0 Å². The molecule has 0 spiro atoms. The van der Waals surface area contributed by atoms with E-state index in [1.165, 1.54) is 12.8 Å². The number of fused-ring (bicyclic) bond motifs is 1. The smallest absolute Gasteiger partial charge is 0.543 e. The van der Waals surface area contributed by atoms with Gasteiger partial charge in [-0.05, 0) is 37.8 Å². The van der Waals surface area contributed by atoms with E-state index in [1.54, 1.807) is 6.07 Å². The number of aromatic nitrogens is 1. The summed E-state index contributed by atoms with van der Waals surface area (Å²) in [6.45, 7) is 9.90. The summed E-state index contributed by atoms with van der Waals surface area (Å²) in [5.41, 5.74) is 1.52. The molecule has 0 amide bonds. The van der Waals surface area contributed by atoms with Crippen LogP contribution in [0.3, 0.4) is 0 Å². The van der Waals surface area contributed by atoms with Gasteiger partial charge in [0.2, 0.25) is 0 Å². The molecular weight excluding hydrogens is 299 g/mol. The Kier molecular flexibility index (Phi) is 6.01. The molecule has 2 aliphatic heterocycles. The van der Waals surface area contributed by atoms with Crippen molar-refractivity contribution in [2.45, 2.75) is 52.0 Å². The standard InChI is InChI=1S/C18H26N2O3.Li/c1-12-5-4-7-20(10-12)11-13-9-14(17(21)22)19-16-15(13)23-8-6-18(16,2)3;/h9,12H,4-8,10-11H2,1-3H3,(H,21,22);/q;+1/p-1/t12-;/m0./s1. The van der Waals surface area contributed by atoms with Gasteiger partial charge in [0.05, 0.1) is 24.0 Å². The minimum absolute atomic E-state index is 0. The Morgan fingerprint density at radius 1 is 1.50 bits per heavy atom. The van der Waals surface area contributed by atoms with Crippen molar-refractivity contribution in [2.75, 3.05) is 19.7 Å². The Hall–Kier alpha value is -1.02. The molecule has 3 rings (SSSR count). The first kappa shape index (κ1) is 19.3. The third kappa shape index (κ3) is 3.96. The molecule has 0 N–H and O–H groups in total. The van der Waals surface area contributed by atoms with E-state index in [4.69, 9.17) is 4.74 Å². The van der Waals surface area contributed by atoms with E-state index in [1.807, 2.05) is 0 Å². The summed E-state index contributed by atoms with van der Waals surface area (Å²) in [4.78, 5) is 18.1. The molecule has 0 aliphatic carbocycles. The summed E-state index contributed by atoms with van der Waals surface area (Å²) < 4.78 is 5.89. The quantitative estimate of drug-likeness (QED) is 0.650. The number of ether oxygens (including phenoxy) is 1. The van der Waals surface area contributed by atoms with Crippen LogP contribution in [-0.2, 0) is 12.0 Å². The second kappa shape index (κ2) is 7.47. The molecule has 3 heterocycles. The number of likely N-dealkylation sites (tertiary alicyclic amines) is 1. The van der Waals surface area contributed by atoms with Crippen molar-refractivity contribution in [1.82, 2.24) is 9.88 Å². The van der Waals surface area contributed by atoms with Gasteiger partial charge in [-0.1, -0.05) is 20.8 Å². The topological polar surface area (TPSA) is 65.5 Å². The second-order valence-electron chi connectivity index (χ2n) is 7.60. The number of piperidine rings is 1. The van der Waals surface area contributed by atoms with Crippen molar-refractivity contribution in [3.63, 3.8) is 0 Å². The van der Waals surface area contributed by atoms with Crippen LogP contribution in [0.1, 0.15) is 61.8 Å². The summed E-state index contributed by atoms with van der Waals surface area (Å²) >= 11 is 0. The molecular formula is C18H25LiN2O3. The predicted octanol–water partition coefficient (Wildman–Crippen LogP) is -1.26. The molecule has 1 fully saturated rings. The number of hydrogen-bond donors (Lipinski definition) is 0. The van der Waals surface area contributed by atoms with E-state index in [9.17, 15) is 9.90 Å². The number of nitrogens with zero attached hydrogens (tertiary/aromatic N) is 2. The van der Waals surface area contributed by atoms with Crippen LogP contribution in [0.25, 0.3) is 0 Å². The summed E-state index contributed by atoms with van der Waals surface area (Å²) in [5, 5.41) is 11.4. The van der Waals surface area contributed by atoms with Gasteiger partial charge in [0.15, 0.2) is 0 Å². The second-order valence-corrected chi connectivity index (χ2v) is 7.60. The monoisotopic (exact) mass is 324 g/mol. The predicted molar refractivity (Wildman–Crippen MR) is 85.4 cm³/mol. The van der Waals surface area contributed by atoms with E-state index in [0.29, 0.717) is 19.1 Å². The van der Waals surface area contributed by atoms with E-state index < -0.39 is 5.97 Å². The molecule has 0 bridgehead atoms. The average Bonchev–Trinajstić information content (AvgIpc) is 2.47. The van der Waals surface area contributed by atoms with Crippen molar-refractivity contribution in [3.05, 3.63) is 23.0 Å². The average molecular weight is 324 g/mol. The van der Waals surface area contributed by atoms with Crippen LogP contribution in [-0.4, -0.2) is 35.5 Å². The summed E-state index contributed by atoms with van der Waals surface area (Å²) in [6, 6.07) is 1.63. The normalized spacial score (nSPS) is 22.9. The van der Waals surface area contributed by atoms with Crippen LogP contribution in [0.15, 0.2) is 6.07 Å². The molecule has 126 valence electrons. The molecule has 0 aromatic carbocycles. The van der Waals surface area contributed by atoms with Crippen LogP contribution in [0.5, 0.6) is 5.75 Å². The third-order valence-electron chi connectivity index (χ3n) is 5.01. The van der Waals surface area contributed by atoms with Crippen LogP contribution in [0.4, 0.5) is 0 Å².